The van der Waals surface area contributed by atoms with Crippen LogP contribution in [0.1, 0.15) is 33.1 Å². The van der Waals surface area contributed by atoms with Gasteiger partial charge in [-0.15, -0.1) is 12.3 Å². The van der Waals surface area contributed by atoms with E-state index in [4.69, 9.17) is 6.42 Å². The van der Waals surface area contributed by atoms with Crippen LogP contribution in [0.25, 0.3) is 0 Å². The average molecular weight is 179 g/mol. The van der Waals surface area contributed by atoms with E-state index >= 15 is 0 Å². The fourth-order valence-corrected chi connectivity index (χ4v) is 2.07. The summed E-state index contributed by atoms with van der Waals surface area (Å²) in [5.41, 5.74) is 0. The summed E-state index contributed by atoms with van der Waals surface area (Å²) in [6.07, 6.45) is 8.88. The average Bonchev–Trinajstić information content (AvgIpc) is 2.15. The van der Waals surface area contributed by atoms with Crippen LogP contribution in [-0.2, 0) is 0 Å². The molecule has 0 aromatic carbocycles. The summed E-state index contributed by atoms with van der Waals surface area (Å²) in [4.78, 5) is 2.50. The van der Waals surface area contributed by atoms with Crippen molar-refractivity contribution in [3.8, 4) is 12.3 Å². The van der Waals surface area contributed by atoms with Crippen LogP contribution >= 0.6 is 0 Å². The molecule has 1 nitrogen and oxygen atoms in total. The van der Waals surface area contributed by atoms with Crippen molar-refractivity contribution < 1.29 is 0 Å². The van der Waals surface area contributed by atoms with E-state index in [9.17, 15) is 0 Å². The van der Waals surface area contributed by atoms with Gasteiger partial charge in [0.15, 0.2) is 0 Å². The number of rotatable bonds is 3. The smallest absolute Gasteiger partial charge is 0.0214 e. The molecular weight excluding hydrogens is 158 g/mol. The van der Waals surface area contributed by atoms with Crippen LogP contribution in [0.5, 0.6) is 0 Å². The molecule has 1 rings (SSSR count). The Hall–Kier alpha value is -0.480. The lowest BCUT2D eigenvalue weighted by Crippen LogP contribution is -2.35. The molecule has 1 heterocycles. The Kier molecular flexibility index (Phi) is 4.32. The zero-order chi connectivity index (χ0) is 9.68. The Morgan fingerprint density at radius 1 is 1.38 bits per heavy atom. The Morgan fingerprint density at radius 2 is 2.00 bits per heavy atom. The number of hydrogen-bond donors (Lipinski definition) is 0. The number of hydrogen-bond acceptors (Lipinski definition) is 1. The maximum absolute atomic E-state index is 5.24. The molecule has 1 aliphatic rings. The number of piperidine rings is 1. The third-order valence-corrected chi connectivity index (χ3v) is 3.15. The predicted octanol–water partition coefficient (Wildman–Crippen LogP) is 2.38. The van der Waals surface area contributed by atoms with Crippen molar-refractivity contribution in [2.45, 2.75) is 33.1 Å². The van der Waals surface area contributed by atoms with Crippen LogP contribution in [0.15, 0.2) is 0 Å². The second-order valence-corrected chi connectivity index (χ2v) is 4.38. The summed E-state index contributed by atoms with van der Waals surface area (Å²) in [5.74, 6) is 4.51. The summed E-state index contributed by atoms with van der Waals surface area (Å²) in [6.45, 7) is 8.28. The monoisotopic (exact) mass is 179 g/mol. The summed E-state index contributed by atoms with van der Waals surface area (Å²) in [6, 6.07) is 0. The molecule has 0 spiro atoms. The first-order valence-corrected chi connectivity index (χ1v) is 5.40. The van der Waals surface area contributed by atoms with Crippen LogP contribution < -0.4 is 0 Å². The topological polar surface area (TPSA) is 3.24 Å². The molecule has 0 atom stereocenters. The molecule has 0 aromatic rings. The highest BCUT2D eigenvalue weighted by atomic mass is 15.1. The SMILES string of the molecule is C#CCCN1CCC(C(C)C)CC1. The van der Waals surface area contributed by atoms with E-state index in [0.717, 1.165) is 24.8 Å². The van der Waals surface area contributed by atoms with Gasteiger partial charge in [-0.1, -0.05) is 13.8 Å². The predicted molar refractivity (Wildman–Crippen MR) is 57.5 cm³/mol. The van der Waals surface area contributed by atoms with Gasteiger partial charge in [0.05, 0.1) is 0 Å². The Labute approximate surface area is 82.5 Å². The maximum atomic E-state index is 5.24. The van der Waals surface area contributed by atoms with Gasteiger partial charge in [0, 0.05) is 13.0 Å². The molecule has 0 N–H and O–H groups in total. The van der Waals surface area contributed by atoms with Crippen molar-refractivity contribution in [3.05, 3.63) is 0 Å². The van der Waals surface area contributed by atoms with Crippen LogP contribution in [0.3, 0.4) is 0 Å². The third-order valence-electron chi connectivity index (χ3n) is 3.15. The van der Waals surface area contributed by atoms with Gasteiger partial charge in [0.2, 0.25) is 0 Å². The molecule has 13 heavy (non-hydrogen) atoms. The van der Waals surface area contributed by atoms with Gasteiger partial charge < -0.3 is 4.90 Å². The molecule has 74 valence electrons. The number of terminal acetylenes is 1. The second-order valence-electron chi connectivity index (χ2n) is 4.38. The molecule has 0 bridgehead atoms. The first kappa shape index (κ1) is 10.6. The van der Waals surface area contributed by atoms with Gasteiger partial charge in [-0.25, -0.2) is 0 Å². The lowest BCUT2D eigenvalue weighted by Gasteiger charge is -2.33. The first-order chi connectivity index (χ1) is 6.24. The summed E-state index contributed by atoms with van der Waals surface area (Å²) >= 11 is 0. The molecule has 1 aliphatic heterocycles. The fourth-order valence-electron chi connectivity index (χ4n) is 2.07. The van der Waals surface area contributed by atoms with E-state index in [1.807, 2.05) is 0 Å². The zero-order valence-corrected chi connectivity index (χ0v) is 8.92. The van der Waals surface area contributed by atoms with Crippen LogP contribution in [0, 0.1) is 24.2 Å². The highest BCUT2D eigenvalue weighted by Gasteiger charge is 2.20. The largest absolute Gasteiger partial charge is 0.302 e. The molecule has 0 saturated carbocycles. The van der Waals surface area contributed by atoms with E-state index in [0.29, 0.717) is 0 Å². The van der Waals surface area contributed by atoms with Gasteiger partial charge in [-0.2, -0.15) is 0 Å². The molecule has 1 heteroatoms. The summed E-state index contributed by atoms with van der Waals surface area (Å²) in [7, 11) is 0. The van der Waals surface area contributed by atoms with Gasteiger partial charge >= 0.3 is 0 Å². The Morgan fingerprint density at radius 3 is 2.46 bits per heavy atom. The van der Waals surface area contributed by atoms with Gasteiger partial charge in [0.25, 0.3) is 0 Å². The maximum Gasteiger partial charge on any atom is 0.0214 e. The third kappa shape index (κ3) is 3.40. The van der Waals surface area contributed by atoms with Gasteiger partial charge in [-0.3, -0.25) is 0 Å². The van der Waals surface area contributed by atoms with Crippen molar-refractivity contribution in [1.29, 1.82) is 0 Å². The van der Waals surface area contributed by atoms with Crippen LogP contribution in [0.4, 0.5) is 0 Å². The summed E-state index contributed by atoms with van der Waals surface area (Å²) < 4.78 is 0. The number of likely N-dealkylation sites (tertiary alicyclic amines) is 1. The molecule has 1 saturated heterocycles. The highest BCUT2D eigenvalue weighted by Crippen LogP contribution is 2.24. The molecule has 0 unspecified atom stereocenters. The summed E-state index contributed by atoms with van der Waals surface area (Å²) in [5, 5.41) is 0. The van der Waals surface area contributed by atoms with Crippen molar-refractivity contribution in [2.75, 3.05) is 19.6 Å². The van der Waals surface area contributed by atoms with E-state index in [2.05, 4.69) is 24.7 Å². The molecule has 0 aliphatic carbocycles. The highest BCUT2D eigenvalue weighted by molar-refractivity contribution is 4.85. The second kappa shape index (κ2) is 5.29. The van der Waals surface area contributed by atoms with E-state index in [1.54, 1.807) is 0 Å². The number of nitrogens with zero attached hydrogens (tertiary/aromatic N) is 1. The molecular formula is C12H21N. The van der Waals surface area contributed by atoms with Crippen LogP contribution in [-0.4, -0.2) is 24.5 Å². The van der Waals surface area contributed by atoms with Crippen molar-refractivity contribution >= 4 is 0 Å². The van der Waals surface area contributed by atoms with E-state index in [-0.39, 0.29) is 0 Å². The fraction of sp³-hybridized carbons (Fsp3) is 0.833. The lowest BCUT2D eigenvalue weighted by atomic mass is 9.87. The Bertz CT molecular complexity index is 170. The van der Waals surface area contributed by atoms with Gasteiger partial charge in [-0.05, 0) is 37.8 Å². The van der Waals surface area contributed by atoms with E-state index < -0.39 is 0 Å². The minimum absolute atomic E-state index is 0.856. The lowest BCUT2D eigenvalue weighted by molar-refractivity contribution is 0.161. The standard InChI is InChI=1S/C12H21N/c1-4-5-8-13-9-6-12(7-10-13)11(2)3/h1,11-12H,5-10H2,2-3H3. The first-order valence-electron chi connectivity index (χ1n) is 5.40. The molecule has 0 aromatic heterocycles. The quantitative estimate of drug-likeness (QED) is 0.601. The molecule has 0 radical (unpaired) electrons. The minimum atomic E-state index is 0.856. The van der Waals surface area contributed by atoms with Crippen molar-refractivity contribution in [3.63, 3.8) is 0 Å². The van der Waals surface area contributed by atoms with Crippen molar-refractivity contribution in [2.24, 2.45) is 11.8 Å². The molecule has 1 fully saturated rings. The minimum Gasteiger partial charge on any atom is -0.302 e. The van der Waals surface area contributed by atoms with E-state index in [1.165, 1.54) is 25.9 Å². The molecule has 0 amide bonds. The Balaban J connectivity index is 2.19. The van der Waals surface area contributed by atoms with Crippen molar-refractivity contribution in [1.82, 2.24) is 4.90 Å². The normalized spacial score (nSPS) is 20.5. The van der Waals surface area contributed by atoms with Crippen LogP contribution in [0.2, 0.25) is 0 Å². The van der Waals surface area contributed by atoms with Gasteiger partial charge in [0.1, 0.15) is 0 Å². The zero-order valence-electron chi connectivity index (χ0n) is 8.92.